The molecule has 0 amide bonds. The van der Waals surface area contributed by atoms with Gasteiger partial charge in [-0.2, -0.15) is 0 Å². The summed E-state index contributed by atoms with van der Waals surface area (Å²) in [5.41, 5.74) is 1.46. The van der Waals surface area contributed by atoms with Crippen molar-refractivity contribution >= 4 is 10.8 Å². The summed E-state index contributed by atoms with van der Waals surface area (Å²) >= 11 is 0. The highest BCUT2D eigenvalue weighted by atomic mass is 16.3. The second-order valence-corrected chi connectivity index (χ2v) is 5.61. The molecule has 0 saturated carbocycles. The van der Waals surface area contributed by atoms with Crippen LogP contribution >= 0.6 is 0 Å². The molecule has 0 spiro atoms. The van der Waals surface area contributed by atoms with Gasteiger partial charge in [0.25, 0.3) is 5.56 Å². The second kappa shape index (κ2) is 4.82. The van der Waals surface area contributed by atoms with Gasteiger partial charge < -0.3 is 10.1 Å². The minimum Gasteiger partial charge on any atom is -0.386 e. The van der Waals surface area contributed by atoms with Gasteiger partial charge in [-0.25, -0.2) is 0 Å². The van der Waals surface area contributed by atoms with Crippen LogP contribution in [0.5, 0.6) is 0 Å². The molecule has 21 heavy (non-hydrogen) atoms. The molecule has 0 saturated heterocycles. The van der Waals surface area contributed by atoms with E-state index in [0.29, 0.717) is 5.39 Å². The fraction of sp³-hybridized carbons (Fsp3) is 0.176. The van der Waals surface area contributed by atoms with Crippen LogP contribution in [0.2, 0.25) is 0 Å². The van der Waals surface area contributed by atoms with E-state index in [2.05, 4.69) is 9.97 Å². The van der Waals surface area contributed by atoms with Crippen molar-refractivity contribution in [1.82, 2.24) is 9.97 Å². The third-order valence-electron chi connectivity index (χ3n) is 3.55. The van der Waals surface area contributed by atoms with Crippen LogP contribution < -0.4 is 5.56 Å². The smallest absolute Gasteiger partial charge is 0.256 e. The first-order chi connectivity index (χ1) is 9.95. The van der Waals surface area contributed by atoms with E-state index in [4.69, 9.17) is 0 Å². The molecule has 4 nitrogen and oxygen atoms in total. The van der Waals surface area contributed by atoms with Crippen molar-refractivity contribution in [3.05, 3.63) is 64.7 Å². The van der Waals surface area contributed by atoms with E-state index in [1.54, 1.807) is 32.3 Å². The molecule has 106 valence electrons. The van der Waals surface area contributed by atoms with Crippen molar-refractivity contribution in [2.75, 3.05) is 0 Å². The molecular weight excluding hydrogens is 264 g/mol. The SMILES string of the molecule is CC(C)(O)c1ccc(-c2cc3cnccc3c(=O)[nH]2)cc1. The van der Waals surface area contributed by atoms with Gasteiger partial charge >= 0.3 is 0 Å². The third kappa shape index (κ3) is 2.58. The Bertz CT molecular complexity index is 843. The Balaban J connectivity index is 2.10. The largest absolute Gasteiger partial charge is 0.386 e. The lowest BCUT2D eigenvalue weighted by Gasteiger charge is -2.17. The van der Waals surface area contributed by atoms with Crippen LogP contribution in [0.3, 0.4) is 0 Å². The molecule has 4 heteroatoms. The van der Waals surface area contributed by atoms with Crippen molar-refractivity contribution in [2.45, 2.75) is 19.4 Å². The molecule has 0 atom stereocenters. The van der Waals surface area contributed by atoms with E-state index in [1.807, 2.05) is 30.3 Å². The van der Waals surface area contributed by atoms with Crippen LogP contribution in [0.1, 0.15) is 19.4 Å². The minimum absolute atomic E-state index is 0.128. The average Bonchev–Trinajstić information content (AvgIpc) is 2.46. The molecule has 1 aromatic carbocycles. The molecule has 2 aromatic heterocycles. The van der Waals surface area contributed by atoms with Gasteiger partial charge in [0.15, 0.2) is 0 Å². The van der Waals surface area contributed by atoms with Crippen LogP contribution in [0.25, 0.3) is 22.0 Å². The molecule has 0 aliphatic rings. The lowest BCUT2D eigenvalue weighted by Crippen LogP contribution is -2.15. The Labute approximate surface area is 122 Å². The Morgan fingerprint density at radius 3 is 2.52 bits per heavy atom. The number of aromatic nitrogens is 2. The third-order valence-corrected chi connectivity index (χ3v) is 3.55. The van der Waals surface area contributed by atoms with Crippen LogP contribution in [0.15, 0.2) is 53.6 Å². The maximum atomic E-state index is 12.1. The molecule has 2 N–H and O–H groups in total. The first kappa shape index (κ1) is 13.5. The van der Waals surface area contributed by atoms with Crippen LogP contribution in [-0.4, -0.2) is 15.1 Å². The molecule has 0 aliphatic carbocycles. The predicted octanol–water partition coefficient (Wildman–Crippen LogP) is 2.82. The van der Waals surface area contributed by atoms with Crippen molar-refractivity contribution < 1.29 is 5.11 Å². The summed E-state index contributed by atoms with van der Waals surface area (Å²) in [6.07, 6.45) is 3.29. The summed E-state index contributed by atoms with van der Waals surface area (Å²) in [4.78, 5) is 19.0. The zero-order valence-electron chi connectivity index (χ0n) is 11.9. The molecule has 0 radical (unpaired) electrons. The Morgan fingerprint density at radius 1 is 1.14 bits per heavy atom. The highest BCUT2D eigenvalue weighted by Gasteiger charge is 2.15. The second-order valence-electron chi connectivity index (χ2n) is 5.61. The number of hydrogen-bond donors (Lipinski definition) is 2. The summed E-state index contributed by atoms with van der Waals surface area (Å²) in [5, 5.41) is 11.4. The summed E-state index contributed by atoms with van der Waals surface area (Å²) < 4.78 is 0. The number of benzene rings is 1. The van der Waals surface area contributed by atoms with Gasteiger partial charge in [-0.15, -0.1) is 0 Å². The molecule has 0 bridgehead atoms. The highest BCUT2D eigenvalue weighted by Crippen LogP contribution is 2.24. The molecule has 2 heterocycles. The molecule has 3 rings (SSSR count). The van der Waals surface area contributed by atoms with E-state index in [9.17, 15) is 9.90 Å². The van der Waals surface area contributed by atoms with Gasteiger partial charge in [0, 0.05) is 23.5 Å². The van der Waals surface area contributed by atoms with Gasteiger partial charge in [0.1, 0.15) is 0 Å². The van der Waals surface area contributed by atoms with E-state index >= 15 is 0 Å². The van der Waals surface area contributed by atoms with Crippen molar-refractivity contribution in [2.24, 2.45) is 0 Å². The average molecular weight is 280 g/mol. The van der Waals surface area contributed by atoms with E-state index in [1.165, 1.54) is 0 Å². The molecule has 3 aromatic rings. The molecular formula is C17H16N2O2. The van der Waals surface area contributed by atoms with E-state index < -0.39 is 5.60 Å². The molecule has 0 unspecified atom stereocenters. The normalized spacial score (nSPS) is 11.8. The number of H-pyrrole nitrogens is 1. The first-order valence-corrected chi connectivity index (χ1v) is 6.75. The quantitative estimate of drug-likeness (QED) is 0.758. The van der Waals surface area contributed by atoms with Gasteiger partial charge in [0.2, 0.25) is 0 Å². The van der Waals surface area contributed by atoms with Crippen LogP contribution in [-0.2, 0) is 5.60 Å². The maximum Gasteiger partial charge on any atom is 0.256 e. The Kier molecular flexibility index (Phi) is 3.11. The number of aliphatic hydroxyl groups is 1. The van der Waals surface area contributed by atoms with Gasteiger partial charge in [0.05, 0.1) is 11.0 Å². The van der Waals surface area contributed by atoms with Gasteiger partial charge in [-0.3, -0.25) is 9.78 Å². The fourth-order valence-corrected chi connectivity index (χ4v) is 2.32. The number of hydrogen-bond acceptors (Lipinski definition) is 3. The maximum absolute atomic E-state index is 12.1. The summed E-state index contributed by atoms with van der Waals surface area (Å²) in [6.45, 7) is 3.48. The molecule has 0 fully saturated rings. The number of nitrogens with one attached hydrogen (secondary N) is 1. The van der Waals surface area contributed by atoms with Gasteiger partial charge in [-0.05, 0) is 37.1 Å². The van der Waals surface area contributed by atoms with Crippen molar-refractivity contribution in [3.63, 3.8) is 0 Å². The first-order valence-electron chi connectivity index (χ1n) is 6.75. The van der Waals surface area contributed by atoms with Crippen molar-refractivity contribution in [3.8, 4) is 11.3 Å². The Hall–Kier alpha value is -2.46. The summed E-state index contributed by atoms with van der Waals surface area (Å²) in [5.74, 6) is 0. The highest BCUT2D eigenvalue weighted by molar-refractivity contribution is 5.84. The summed E-state index contributed by atoms with van der Waals surface area (Å²) in [6, 6.07) is 11.1. The summed E-state index contributed by atoms with van der Waals surface area (Å²) in [7, 11) is 0. The Morgan fingerprint density at radius 2 is 1.86 bits per heavy atom. The zero-order valence-corrected chi connectivity index (χ0v) is 11.9. The topological polar surface area (TPSA) is 66.0 Å². The predicted molar refractivity (Wildman–Crippen MR) is 83.0 cm³/mol. The number of pyridine rings is 2. The molecule has 0 aliphatic heterocycles. The van der Waals surface area contributed by atoms with Gasteiger partial charge in [-0.1, -0.05) is 24.3 Å². The fourth-order valence-electron chi connectivity index (χ4n) is 2.32. The van der Waals surface area contributed by atoms with E-state index in [-0.39, 0.29) is 5.56 Å². The lowest BCUT2D eigenvalue weighted by molar-refractivity contribution is 0.0786. The number of rotatable bonds is 2. The number of nitrogens with zero attached hydrogens (tertiary/aromatic N) is 1. The van der Waals surface area contributed by atoms with Crippen LogP contribution in [0.4, 0.5) is 0 Å². The van der Waals surface area contributed by atoms with E-state index in [0.717, 1.165) is 22.2 Å². The standard InChI is InChI=1S/C17H16N2O2/c1-17(2,21)13-5-3-11(4-6-13)15-9-12-10-18-8-7-14(12)16(20)19-15/h3-10,21H,1-2H3,(H,19,20). The number of fused-ring (bicyclic) bond motifs is 1. The monoisotopic (exact) mass is 280 g/mol. The van der Waals surface area contributed by atoms with Crippen molar-refractivity contribution in [1.29, 1.82) is 0 Å². The minimum atomic E-state index is -0.876. The zero-order chi connectivity index (χ0) is 15.0. The number of aromatic amines is 1. The van der Waals surface area contributed by atoms with Crippen LogP contribution in [0, 0.1) is 0 Å². The lowest BCUT2D eigenvalue weighted by atomic mass is 9.96.